The van der Waals surface area contributed by atoms with Crippen LogP contribution < -0.4 is 0 Å². The zero-order valence-electron chi connectivity index (χ0n) is 12.6. The Balaban J connectivity index is 1.98. The number of amides is 1. The zero-order valence-corrected chi connectivity index (χ0v) is 12.6. The Labute approximate surface area is 125 Å². The van der Waals surface area contributed by atoms with Crippen molar-refractivity contribution in [1.82, 2.24) is 4.90 Å². The normalized spacial score (nSPS) is 18.7. The molecule has 1 heterocycles. The smallest absolute Gasteiger partial charge is 0.246 e. The van der Waals surface area contributed by atoms with Crippen LogP contribution >= 0.6 is 0 Å². The third-order valence-corrected chi connectivity index (χ3v) is 4.17. The highest BCUT2D eigenvalue weighted by atomic mass is 19.1. The Bertz CT molecular complexity index is 514. The van der Waals surface area contributed by atoms with E-state index in [9.17, 15) is 14.3 Å². The summed E-state index contributed by atoms with van der Waals surface area (Å²) in [5.41, 5.74) is 1.68. The summed E-state index contributed by atoms with van der Waals surface area (Å²) < 4.78 is 12.9. The third kappa shape index (κ3) is 4.14. The Hall–Kier alpha value is -1.68. The number of aliphatic hydroxyl groups is 1. The minimum Gasteiger partial charge on any atom is -0.393 e. The fraction of sp³-hybridized carbons (Fsp3) is 0.471. The van der Waals surface area contributed by atoms with Crippen LogP contribution in [0.25, 0.3) is 5.57 Å². The first-order valence-corrected chi connectivity index (χ1v) is 7.38. The number of hydrogen-bond donors (Lipinski definition) is 1. The Morgan fingerprint density at radius 3 is 2.43 bits per heavy atom. The molecular weight excluding hydrogens is 269 g/mol. The molecule has 1 N–H and O–H groups in total. The highest BCUT2D eigenvalue weighted by Gasteiger charge is 2.24. The van der Waals surface area contributed by atoms with Crippen molar-refractivity contribution in [2.45, 2.75) is 32.8 Å². The number of carbonyl (C=O) groups excluding carboxylic acids is 1. The number of likely N-dealkylation sites (tertiary alicyclic amines) is 1. The maximum absolute atomic E-state index is 12.9. The number of halogens is 1. The average Bonchev–Trinajstić information content (AvgIpc) is 2.47. The van der Waals surface area contributed by atoms with Gasteiger partial charge in [0, 0.05) is 19.2 Å². The highest BCUT2D eigenvalue weighted by Crippen LogP contribution is 2.21. The van der Waals surface area contributed by atoms with Gasteiger partial charge in [-0.2, -0.15) is 0 Å². The van der Waals surface area contributed by atoms with Gasteiger partial charge in [-0.05, 0) is 55.9 Å². The summed E-state index contributed by atoms with van der Waals surface area (Å²) in [6, 6.07) is 6.14. The first-order chi connectivity index (χ1) is 9.97. The van der Waals surface area contributed by atoms with Crippen LogP contribution in [0, 0.1) is 11.7 Å². The molecule has 0 spiro atoms. The number of benzene rings is 1. The van der Waals surface area contributed by atoms with Crippen molar-refractivity contribution in [2.24, 2.45) is 5.92 Å². The van der Waals surface area contributed by atoms with Crippen molar-refractivity contribution in [2.75, 3.05) is 13.1 Å². The molecule has 0 aliphatic carbocycles. The van der Waals surface area contributed by atoms with Crippen molar-refractivity contribution < 1.29 is 14.3 Å². The quantitative estimate of drug-likeness (QED) is 0.870. The molecule has 1 aromatic carbocycles. The lowest BCUT2D eigenvalue weighted by atomic mass is 9.92. The minimum atomic E-state index is -0.307. The first kappa shape index (κ1) is 15.7. The van der Waals surface area contributed by atoms with Gasteiger partial charge in [0.15, 0.2) is 0 Å². The molecular formula is C17H22FNO2. The van der Waals surface area contributed by atoms with Gasteiger partial charge in [-0.1, -0.05) is 12.1 Å². The predicted octanol–water partition coefficient (Wildman–Crippen LogP) is 2.85. The predicted molar refractivity (Wildman–Crippen MR) is 81.0 cm³/mol. The van der Waals surface area contributed by atoms with Crippen LogP contribution in [0.15, 0.2) is 30.3 Å². The van der Waals surface area contributed by atoms with Gasteiger partial charge in [0.25, 0.3) is 0 Å². The molecule has 1 fully saturated rings. The van der Waals surface area contributed by atoms with Gasteiger partial charge < -0.3 is 10.0 Å². The molecule has 4 heteroatoms. The fourth-order valence-corrected chi connectivity index (χ4v) is 2.67. The Kier molecular flexibility index (Phi) is 5.12. The van der Waals surface area contributed by atoms with Crippen molar-refractivity contribution in [3.8, 4) is 0 Å². The number of hydrogen-bond acceptors (Lipinski definition) is 2. The van der Waals surface area contributed by atoms with E-state index in [0.717, 1.165) is 24.0 Å². The molecule has 2 rings (SSSR count). The van der Waals surface area contributed by atoms with Crippen LogP contribution in [0.5, 0.6) is 0 Å². The maximum atomic E-state index is 12.9. The Morgan fingerprint density at radius 1 is 1.33 bits per heavy atom. The van der Waals surface area contributed by atoms with Crippen LogP contribution in [-0.2, 0) is 4.79 Å². The van der Waals surface area contributed by atoms with Crippen LogP contribution in [0.1, 0.15) is 32.3 Å². The van der Waals surface area contributed by atoms with Gasteiger partial charge >= 0.3 is 0 Å². The van der Waals surface area contributed by atoms with E-state index in [1.807, 2.05) is 11.8 Å². The summed E-state index contributed by atoms with van der Waals surface area (Å²) >= 11 is 0. The lowest BCUT2D eigenvalue weighted by Gasteiger charge is -2.32. The van der Waals surface area contributed by atoms with Gasteiger partial charge in [0.1, 0.15) is 5.82 Å². The molecule has 1 unspecified atom stereocenters. The molecule has 3 nitrogen and oxygen atoms in total. The molecule has 1 aliphatic rings. The van der Waals surface area contributed by atoms with Crippen molar-refractivity contribution >= 4 is 11.5 Å². The number of aliphatic hydroxyl groups excluding tert-OH is 1. The molecule has 1 aromatic rings. The summed E-state index contributed by atoms with van der Waals surface area (Å²) in [7, 11) is 0. The van der Waals surface area contributed by atoms with E-state index < -0.39 is 0 Å². The van der Waals surface area contributed by atoms with E-state index in [1.165, 1.54) is 12.1 Å². The molecule has 0 bridgehead atoms. The minimum absolute atomic E-state index is 0.0131. The topological polar surface area (TPSA) is 40.5 Å². The van der Waals surface area contributed by atoms with E-state index in [1.54, 1.807) is 25.1 Å². The lowest BCUT2D eigenvalue weighted by Crippen LogP contribution is -2.40. The summed E-state index contributed by atoms with van der Waals surface area (Å²) in [6.07, 6.45) is 2.98. The molecule has 0 aromatic heterocycles. The van der Waals surface area contributed by atoms with Crippen LogP contribution in [0.2, 0.25) is 0 Å². The van der Waals surface area contributed by atoms with Crippen LogP contribution in [-0.4, -0.2) is 35.1 Å². The molecule has 114 valence electrons. The van der Waals surface area contributed by atoms with E-state index in [4.69, 9.17) is 0 Å². The van der Waals surface area contributed by atoms with Gasteiger partial charge in [-0.25, -0.2) is 4.39 Å². The van der Waals surface area contributed by atoms with Crippen molar-refractivity contribution in [1.29, 1.82) is 0 Å². The van der Waals surface area contributed by atoms with E-state index >= 15 is 0 Å². The van der Waals surface area contributed by atoms with Gasteiger partial charge in [0.05, 0.1) is 6.10 Å². The van der Waals surface area contributed by atoms with E-state index in [2.05, 4.69) is 0 Å². The highest BCUT2D eigenvalue weighted by molar-refractivity contribution is 5.94. The number of piperidine rings is 1. The molecule has 1 aliphatic heterocycles. The van der Waals surface area contributed by atoms with Crippen molar-refractivity contribution in [3.05, 3.63) is 41.7 Å². The van der Waals surface area contributed by atoms with Gasteiger partial charge in [-0.3, -0.25) is 4.79 Å². The van der Waals surface area contributed by atoms with E-state index in [-0.39, 0.29) is 23.7 Å². The average molecular weight is 291 g/mol. The first-order valence-electron chi connectivity index (χ1n) is 7.38. The van der Waals surface area contributed by atoms with Crippen molar-refractivity contribution in [3.63, 3.8) is 0 Å². The second-order valence-electron chi connectivity index (χ2n) is 5.74. The molecule has 1 saturated heterocycles. The standard InChI is InChI=1S/C17H22FNO2/c1-12(14-3-5-16(18)6-4-14)11-17(21)19-9-7-15(8-10-19)13(2)20/h3-6,11,13,15,20H,7-10H2,1-2H3. The molecule has 21 heavy (non-hydrogen) atoms. The number of nitrogens with zero attached hydrogens (tertiary/aromatic N) is 1. The van der Waals surface area contributed by atoms with Gasteiger partial charge in [0.2, 0.25) is 5.91 Å². The van der Waals surface area contributed by atoms with Crippen LogP contribution in [0.3, 0.4) is 0 Å². The maximum Gasteiger partial charge on any atom is 0.246 e. The Morgan fingerprint density at radius 2 is 1.90 bits per heavy atom. The third-order valence-electron chi connectivity index (χ3n) is 4.17. The lowest BCUT2D eigenvalue weighted by molar-refractivity contribution is -0.127. The molecule has 0 radical (unpaired) electrons. The summed E-state index contributed by atoms with van der Waals surface area (Å²) in [4.78, 5) is 14.0. The molecule has 0 saturated carbocycles. The fourth-order valence-electron chi connectivity index (χ4n) is 2.67. The van der Waals surface area contributed by atoms with Gasteiger partial charge in [-0.15, -0.1) is 0 Å². The monoisotopic (exact) mass is 291 g/mol. The summed E-state index contributed by atoms with van der Waals surface area (Å²) in [6.45, 7) is 5.03. The summed E-state index contributed by atoms with van der Waals surface area (Å²) in [5, 5.41) is 9.57. The summed E-state index contributed by atoms with van der Waals surface area (Å²) in [5.74, 6) is -0.00448. The SMILES string of the molecule is CC(=CC(=O)N1CCC(C(C)O)CC1)c1ccc(F)cc1. The molecule has 1 amide bonds. The largest absolute Gasteiger partial charge is 0.393 e. The van der Waals surface area contributed by atoms with Crippen LogP contribution in [0.4, 0.5) is 4.39 Å². The number of carbonyl (C=O) groups is 1. The van der Waals surface area contributed by atoms with E-state index in [0.29, 0.717) is 13.1 Å². The molecule has 1 atom stereocenters. The number of allylic oxidation sites excluding steroid dienone is 1. The number of rotatable bonds is 3. The zero-order chi connectivity index (χ0) is 15.4. The second kappa shape index (κ2) is 6.85. The second-order valence-corrected chi connectivity index (χ2v) is 5.74.